The van der Waals surface area contributed by atoms with Crippen molar-refractivity contribution in [3.05, 3.63) is 0 Å². The summed E-state index contributed by atoms with van der Waals surface area (Å²) in [6, 6.07) is 0. The second-order valence-corrected chi connectivity index (χ2v) is 7.93. The van der Waals surface area contributed by atoms with Crippen LogP contribution < -0.4 is 6.15 Å². The van der Waals surface area contributed by atoms with Crippen LogP contribution in [0.15, 0.2) is 0 Å². The first kappa shape index (κ1) is 35.4. The average molecular weight is 528 g/mol. The van der Waals surface area contributed by atoms with Gasteiger partial charge in [-0.15, -0.1) is 6.42 Å². The van der Waals surface area contributed by atoms with E-state index in [1.807, 2.05) is 0 Å². The van der Waals surface area contributed by atoms with Gasteiger partial charge in [0.25, 0.3) is 0 Å². The molecule has 0 aromatic heterocycles. The normalized spacial score (nSPS) is 9.22. The van der Waals surface area contributed by atoms with Gasteiger partial charge in [0.05, 0.1) is 6.61 Å². The molecule has 0 saturated heterocycles. The molecule has 0 aromatic carbocycles. The highest BCUT2D eigenvalue weighted by atomic mass is 16.6. The Morgan fingerprint density at radius 2 is 1.22 bits per heavy atom. The fourth-order valence-corrected chi connectivity index (χ4v) is 3.02. The van der Waals surface area contributed by atoms with Crippen molar-refractivity contribution in [1.29, 1.82) is 0 Å². The van der Waals surface area contributed by atoms with Gasteiger partial charge < -0.3 is 20.7 Å². The van der Waals surface area contributed by atoms with Crippen LogP contribution in [0.2, 0.25) is 0 Å². The second kappa shape index (κ2) is 28.5. The minimum atomic E-state index is -0.923. The molecule has 0 aliphatic carbocycles. The minimum absolute atomic E-state index is 0. The first-order chi connectivity index (χ1) is 17.6. The van der Waals surface area contributed by atoms with E-state index in [0.29, 0.717) is 0 Å². The molecule has 0 rings (SSSR count). The quantitative estimate of drug-likeness (QED) is 0.0908. The van der Waals surface area contributed by atoms with E-state index in [-0.39, 0.29) is 34.9 Å². The van der Waals surface area contributed by atoms with Gasteiger partial charge in [-0.2, -0.15) is 0 Å². The molecule has 0 saturated carbocycles. The second-order valence-electron chi connectivity index (χ2n) is 7.93. The van der Waals surface area contributed by atoms with Crippen molar-refractivity contribution in [3.63, 3.8) is 0 Å². The molecule has 0 unspecified atom stereocenters. The van der Waals surface area contributed by atoms with Crippen LogP contribution in [0.25, 0.3) is 0 Å². The van der Waals surface area contributed by atoms with Crippen LogP contribution >= 0.6 is 0 Å². The Kier molecular flexibility index (Phi) is 27.2. The number of carbonyl (C=O) groups is 2. The van der Waals surface area contributed by atoms with Crippen LogP contribution in [0.3, 0.4) is 0 Å². The van der Waals surface area contributed by atoms with Gasteiger partial charge in [0.15, 0.2) is 6.10 Å². The molecule has 0 aliphatic heterocycles. The molecular weight excluding hydrogens is 466 g/mol. The van der Waals surface area contributed by atoms with Crippen LogP contribution in [0.1, 0.15) is 106 Å². The van der Waals surface area contributed by atoms with Gasteiger partial charge in [-0.3, -0.25) is 4.79 Å². The Morgan fingerprint density at radius 1 is 0.757 bits per heavy atom. The number of rotatable bonds is 17. The summed E-state index contributed by atoms with van der Waals surface area (Å²) in [5.74, 6) is 24.4. The van der Waals surface area contributed by atoms with Crippen LogP contribution in [0, 0.1) is 71.5 Å². The Labute approximate surface area is 239 Å². The average Bonchev–Trinajstić information content (AvgIpc) is 2.88. The van der Waals surface area contributed by atoms with E-state index in [1.165, 1.54) is 57.8 Å². The molecular formula is C31H61NO5. The first-order valence-electron chi connectivity index (χ1n) is 12.6. The highest BCUT2D eigenvalue weighted by molar-refractivity contribution is 5.89. The number of carbonyl (C=O) groups excluding carboxylic acids is 2. The molecule has 0 radical (unpaired) electrons. The van der Waals surface area contributed by atoms with Crippen molar-refractivity contribution >= 4 is 11.9 Å². The molecule has 0 amide bonds. The van der Waals surface area contributed by atoms with Crippen molar-refractivity contribution in [2.45, 2.75) is 96.5 Å². The van der Waals surface area contributed by atoms with E-state index in [4.69, 9.17) is 15.9 Å². The highest BCUT2D eigenvalue weighted by Gasteiger charge is 2.15. The van der Waals surface area contributed by atoms with Crippen LogP contribution in [-0.2, 0) is 19.1 Å². The molecule has 6 nitrogen and oxygen atoms in total. The zero-order valence-corrected chi connectivity index (χ0v) is 22.0. The molecule has 4 N–H and O–H groups in total. The van der Waals surface area contributed by atoms with Gasteiger partial charge in [0.1, 0.15) is 6.61 Å². The Bertz CT molecular complexity index is 1030. The van der Waals surface area contributed by atoms with Crippen molar-refractivity contribution < 1.29 is 39.9 Å². The molecule has 1 atom stereocenters. The predicted molar refractivity (Wildman–Crippen MR) is 170 cm³/mol. The maximum Gasteiger partial charge on any atom is 0.385 e. The highest BCUT2D eigenvalue weighted by Crippen LogP contribution is 2.12. The van der Waals surface area contributed by atoms with Crippen molar-refractivity contribution in [2.75, 3.05) is 13.2 Å². The van der Waals surface area contributed by atoms with Crippen LogP contribution in [-0.4, -0.2) is 36.4 Å². The number of terminal acetylenes is 1. The lowest BCUT2D eigenvalue weighted by Crippen LogP contribution is -2.28. The smallest absolute Gasteiger partial charge is 0.385 e. The monoisotopic (exact) mass is 527 g/mol. The van der Waals surface area contributed by atoms with Crippen molar-refractivity contribution in [2.24, 2.45) is 0 Å². The number of hydrogen-bond donors (Lipinski definition) is 2. The number of aliphatic hydroxyl groups is 1. The third-order valence-corrected chi connectivity index (χ3v) is 4.87. The summed E-state index contributed by atoms with van der Waals surface area (Å²) in [7, 11) is 0. The molecule has 0 bridgehead atoms. The van der Waals surface area contributed by atoms with Crippen molar-refractivity contribution in [1.82, 2.24) is 6.15 Å². The number of ether oxygens (including phenoxy) is 2. The number of hydrogen-bond acceptors (Lipinski definition) is 6. The van der Waals surface area contributed by atoms with Gasteiger partial charge in [-0.05, 0) is 65.6 Å². The van der Waals surface area contributed by atoms with E-state index < -0.39 is 24.6 Å². The molecule has 220 valence electrons. The summed E-state index contributed by atoms with van der Waals surface area (Å²) >= 11 is 0. The zero-order chi connectivity index (χ0) is 26.5. The fraction of sp³-hybridized carbons (Fsp3) is 0.548. The third-order valence-electron chi connectivity index (χ3n) is 4.87. The minimum Gasteiger partial charge on any atom is -0.456 e. The summed E-state index contributed by atoms with van der Waals surface area (Å²) in [5.41, 5.74) is 0. The maximum absolute atomic E-state index is 12.0. The van der Waals surface area contributed by atoms with E-state index in [2.05, 4.69) is 72.0 Å². The summed E-state index contributed by atoms with van der Waals surface area (Å²) in [5, 5.41) is 9.35. The topological polar surface area (TPSA) is 108 Å². The summed E-state index contributed by atoms with van der Waals surface area (Å²) in [6.45, 7) is 1.50. The molecule has 0 heterocycles. The molecule has 6 heteroatoms. The first-order valence-corrected chi connectivity index (χ1v) is 12.6. The Hall–Kier alpha value is -3.78. The number of aliphatic hydroxyl groups excluding tert-OH is 1. The van der Waals surface area contributed by atoms with Gasteiger partial charge in [-0.1, -0.05) is 77.6 Å². The predicted octanol–water partition coefficient (Wildman–Crippen LogP) is 7.04. The van der Waals surface area contributed by atoms with Gasteiger partial charge in [0, 0.05) is 28.0 Å². The summed E-state index contributed by atoms with van der Waals surface area (Å²) in [6.07, 6.45) is 18.8. The van der Waals surface area contributed by atoms with Crippen LogP contribution in [0.4, 0.5) is 0 Å². The maximum atomic E-state index is 12.0. The summed E-state index contributed by atoms with van der Waals surface area (Å²) < 4.78 is 10.0. The van der Waals surface area contributed by atoms with E-state index in [0.717, 1.165) is 19.3 Å². The molecule has 37 heavy (non-hydrogen) atoms. The number of unbranched alkanes of at least 4 members (excludes halogenated alkanes) is 11. The zero-order valence-electron chi connectivity index (χ0n) is 22.0. The van der Waals surface area contributed by atoms with Crippen LogP contribution in [0.5, 0.6) is 0 Å². The molecule has 0 fully saturated rings. The molecule has 0 aliphatic rings. The van der Waals surface area contributed by atoms with Crippen molar-refractivity contribution in [3.8, 4) is 71.5 Å². The molecule has 0 spiro atoms. The third kappa shape index (κ3) is 26.7. The SMILES string of the molecule is C#CC#CC#CC#CC#CC#CC(=O)OC[C@H](CO)OC(=O)CCCCCCCCCCCCCC.N.[HH].[HH].[HH].[HH].[HH].[HH].[HH].[HH].[HH].[HH].[HH]. The van der Waals surface area contributed by atoms with E-state index in [9.17, 15) is 14.7 Å². The van der Waals surface area contributed by atoms with Gasteiger partial charge in [0.2, 0.25) is 0 Å². The fourth-order valence-electron chi connectivity index (χ4n) is 3.02. The van der Waals surface area contributed by atoms with E-state index >= 15 is 0 Å². The standard InChI is InChI=1S/C31H36O5.H3N.11H2/c1-3-5-7-9-11-13-15-16-18-20-22-24-26-31(34)36-29(27-32)28-35-30(33)25-23-21-19-17-14-12-10-8-6-4-2;;;;;;;;;;;;/h2,29,32H,3,5,7,9,11,13,15-16,18,20,22,24,26-28H2,1H3;1H3;11*1H/t29-;;;;;;;;;;;;/m0............/s1. The lowest BCUT2D eigenvalue weighted by molar-refractivity contribution is -0.159. The Morgan fingerprint density at radius 3 is 1.70 bits per heavy atom. The largest absolute Gasteiger partial charge is 0.456 e. The van der Waals surface area contributed by atoms with E-state index in [1.54, 1.807) is 0 Å². The lowest BCUT2D eigenvalue weighted by atomic mass is 10.0. The van der Waals surface area contributed by atoms with Gasteiger partial charge in [-0.25, -0.2) is 4.79 Å². The van der Waals surface area contributed by atoms with Gasteiger partial charge >= 0.3 is 11.9 Å². The number of esters is 2. The Balaban J connectivity index is -0.0000000928. The summed E-state index contributed by atoms with van der Waals surface area (Å²) in [4.78, 5) is 23.6. The molecule has 0 aromatic rings. The lowest BCUT2D eigenvalue weighted by Gasteiger charge is -2.14.